The quantitative estimate of drug-likeness (QED) is 0.697. The fraction of sp³-hybridized carbons (Fsp3) is 0.857. The first-order chi connectivity index (χ1) is 9.05. The summed E-state index contributed by atoms with van der Waals surface area (Å²) in [5.74, 6) is 2.13. The highest BCUT2D eigenvalue weighted by Crippen LogP contribution is 2.12. The Balaban J connectivity index is 2.44. The fourth-order valence-corrected chi connectivity index (χ4v) is 2.16. The summed E-state index contributed by atoms with van der Waals surface area (Å²) in [7, 11) is 0. The summed E-state index contributed by atoms with van der Waals surface area (Å²) in [5.41, 5.74) is 0. The van der Waals surface area contributed by atoms with Crippen LogP contribution >= 0.6 is 11.8 Å². The van der Waals surface area contributed by atoms with Crippen LogP contribution in [0.2, 0.25) is 0 Å². The number of rotatable bonds is 9. The number of nitrogens with zero attached hydrogens (tertiary/aromatic N) is 3. The van der Waals surface area contributed by atoms with Gasteiger partial charge in [0.25, 0.3) is 0 Å². The van der Waals surface area contributed by atoms with E-state index >= 15 is 0 Å². The van der Waals surface area contributed by atoms with Crippen LogP contribution in [0.5, 0.6) is 0 Å². The van der Waals surface area contributed by atoms with Crippen LogP contribution in [0.3, 0.4) is 0 Å². The van der Waals surface area contributed by atoms with Gasteiger partial charge in [-0.3, -0.25) is 4.90 Å². The average Bonchev–Trinajstić information content (AvgIpc) is 2.80. The summed E-state index contributed by atoms with van der Waals surface area (Å²) in [6.45, 7) is 11.7. The summed E-state index contributed by atoms with van der Waals surface area (Å²) in [5, 5.41) is 4.78. The molecule has 1 rings (SSSR count). The summed E-state index contributed by atoms with van der Waals surface area (Å²) < 4.78 is 5.28. The lowest BCUT2D eigenvalue weighted by atomic mass is 10.1. The van der Waals surface area contributed by atoms with Crippen molar-refractivity contribution in [3.8, 4) is 0 Å². The normalized spacial score (nSPS) is 13.4. The van der Waals surface area contributed by atoms with Gasteiger partial charge < -0.3 is 4.52 Å². The Morgan fingerprint density at radius 1 is 1.32 bits per heavy atom. The molecule has 5 heteroatoms. The molecule has 1 aromatic heterocycles. The predicted octanol–water partition coefficient (Wildman–Crippen LogP) is 3.23. The third-order valence-corrected chi connectivity index (χ3v) is 4.20. The molecule has 0 saturated heterocycles. The van der Waals surface area contributed by atoms with Crippen LogP contribution in [-0.2, 0) is 13.0 Å². The van der Waals surface area contributed by atoms with Gasteiger partial charge in [-0.1, -0.05) is 32.9 Å². The van der Waals surface area contributed by atoms with Crippen molar-refractivity contribution in [1.82, 2.24) is 15.0 Å². The first kappa shape index (κ1) is 16.5. The van der Waals surface area contributed by atoms with E-state index in [0.29, 0.717) is 11.2 Å². The molecular formula is C14H27N3OS. The van der Waals surface area contributed by atoms with Gasteiger partial charge in [0.1, 0.15) is 0 Å². The highest BCUT2D eigenvalue weighted by molar-refractivity contribution is 7.99. The van der Waals surface area contributed by atoms with Crippen molar-refractivity contribution in [3.63, 3.8) is 0 Å². The molecule has 0 amide bonds. The molecule has 0 aliphatic rings. The van der Waals surface area contributed by atoms with Crippen molar-refractivity contribution >= 4 is 11.8 Å². The monoisotopic (exact) mass is 285 g/mol. The molecule has 0 N–H and O–H groups in total. The van der Waals surface area contributed by atoms with E-state index in [9.17, 15) is 0 Å². The van der Waals surface area contributed by atoms with Gasteiger partial charge in [-0.25, -0.2) is 0 Å². The van der Waals surface area contributed by atoms with Gasteiger partial charge in [-0.05, 0) is 31.7 Å². The van der Waals surface area contributed by atoms with Gasteiger partial charge in [0.15, 0.2) is 5.82 Å². The molecule has 0 aromatic carbocycles. The number of hydrogen-bond acceptors (Lipinski definition) is 5. The average molecular weight is 285 g/mol. The lowest BCUT2D eigenvalue weighted by Crippen LogP contribution is -2.26. The molecule has 1 aromatic rings. The Morgan fingerprint density at radius 3 is 2.63 bits per heavy atom. The molecule has 0 fully saturated rings. The second-order valence-electron chi connectivity index (χ2n) is 5.41. The zero-order valence-electron chi connectivity index (χ0n) is 12.8. The van der Waals surface area contributed by atoms with E-state index in [4.69, 9.17) is 4.52 Å². The molecule has 0 spiro atoms. The van der Waals surface area contributed by atoms with E-state index in [1.54, 1.807) is 0 Å². The van der Waals surface area contributed by atoms with E-state index in [2.05, 4.69) is 49.0 Å². The third-order valence-electron chi connectivity index (χ3n) is 3.16. The molecule has 0 radical (unpaired) electrons. The van der Waals surface area contributed by atoms with Gasteiger partial charge in [0.05, 0.1) is 6.54 Å². The summed E-state index contributed by atoms with van der Waals surface area (Å²) in [4.78, 5) is 6.83. The van der Waals surface area contributed by atoms with Crippen LogP contribution in [0, 0.1) is 5.92 Å². The van der Waals surface area contributed by atoms with Crippen molar-refractivity contribution in [1.29, 1.82) is 0 Å². The van der Waals surface area contributed by atoms with Crippen LogP contribution in [0.4, 0.5) is 0 Å². The molecule has 0 unspecified atom stereocenters. The van der Waals surface area contributed by atoms with Crippen molar-refractivity contribution < 1.29 is 4.52 Å². The lowest BCUT2D eigenvalue weighted by Gasteiger charge is -2.20. The molecule has 110 valence electrons. The zero-order chi connectivity index (χ0) is 14.3. The SMILES string of the molecule is CCN(CC[C@@H](C)SC)Cc1noc(CC(C)C)n1. The minimum absolute atomic E-state index is 0.554. The van der Waals surface area contributed by atoms with Gasteiger partial charge >= 0.3 is 0 Å². The fourth-order valence-electron chi connectivity index (χ4n) is 1.82. The molecule has 0 bridgehead atoms. The van der Waals surface area contributed by atoms with Crippen molar-refractivity contribution in [2.24, 2.45) is 5.92 Å². The van der Waals surface area contributed by atoms with Gasteiger partial charge in [-0.15, -0.1) is 0 Å². The molecule has 1 atom stereocenters. The van der Waals surface area contributed by atoms with Crippen LogP contribution in [0.1, 0.15) is 45.8 Å². The van der Waals surface area contributed by atoms with Crippen molar-refractivity contribution in [2.75, 3.05) is 19.3 Å². The maximum atomic E-state index is 5.28. The second kappa shape index (κ2) is 8.59. The Hall–Kier alpha value is -0.550. The second-order valence-corrected chi connectivity index (χ2v) is 6.68. The maximum Gasteiger partial charge on any atom is 0.226 e. The van der Waals surface area contributed by atoms with Crippen LogP contribution in [0.25, 0.3) is 0 Å². The first-order valence-corrected chi connectivity index (χ1v) is 8.40. The van der Waals surface area contributed by atoms with E-state index in [-0.39, 0.29) is 0 Å². The molecule has 1 heterocycles. The Bertz CT molecular complexity index is 354. The molecule has 0 aliphatic carbocycles. The van der Waals surface area contributed by atoms with E-state index in [0.717, 1.165) is 37.8 Å². The maximum absolute atomic E-state index is 5.28. The minimum Gasteiger partial charge on any atom is -0.339 e. The van der Waals surface area contributed by atoms with Crippen molar-refractivity contribution in [2.45, 2.75) is 52.3 Å². The first-order valence-electron chi connectivity index (χ1n) is 7.11. The van der Waals surface area contributed by atoms with E-state index in [1.165, 1.54) is 6.42 Å². The third kappa shape index (κ3) is 6.43. The molecule has 4 nitrogen and oxygen atoms in total. The van der Waals surface area contributed by atoms with Crippen LogP contribution < -0.4 is 0 Å². The highest BCUT2D eigenvalue weighted by Gasteiger charge is 2.12. The molecule has 0 saturated carbocycles. The lowest BCUT2D eigenvalue weighted by molar-refractivity contribution is 0.263. The Morgan fingerprint density at radius 2 is 2.05 bits per heavy atom. The molecular weight excluding hydrogens is 258 g/mol. The van der Waals surface area contributed by atoms with Gasteiger partial charge in [0, 0.05) is 11.7 Å². The highest BCUT2D eigenvalue weighted by atomic mass is 32.2. The van der Waals surface area contributed by atoms with Crippen LogP contribution in [-0.4, -0.2) is 39.6 Å². The number of thioether (sulfide) groups is 1. The topological polar surface area (TPSA) is 42.2 Å². The summed E-state index contributed by atoms with van der Waals surface area (Å²) in [6, 6.07) is 0. The zero-order valence-corrected chi connectivity index (χ0v) is 13.7. The Kier molecular flexibility index (Phi) is 7.46. The standard InChI is InChI=1S/C14H27N3OS/c1-6-17(8-7-12(4)19-5)10-13-15-14(18-16-13)9-11(2)3/h11-12H,6-10H2,1-5H3/t12-/m1/s1. The van der Waals surface area contributed by atoms with Gasteiger partial charge in [0.2, 0.25) is 5.89 Å². The Labute approximate surface area is 121 Å². The van der Waals surface area contributed by atoms with E-state index < -0.39 is 0 Å². The summed E-state index contributed by atoms with van der Waals surface area (Å²) in [6.07, 6.45) is 4.23. The number of aromatic nitrogens is 2. The van der Waals surface area contributed by atoms with Gasteiger partial charge in [-0.2, -0.15) is 16.7 Å². The van der Waals surface area contributed by atoms with E-state index in [1.807, 2.05) is 11.8 Å². The molecule has 19 heavy (non-hydrogen) atoms. The predicted molar refractivity (Wildman–Crippen MR) is 81.4 cm³/mol. The van der Waals surface area contributed by atoms with Crippen molar-refractivity contribution in [3.05, 3.63) is 11.7 Å². The molecule has 0 aliphatic heterocycles. The largest absolute Gasteiger partial charge is 0.339 e. The number of hydrogen-bond donors (Lipinski definition) is 0. The van der Waals surface area contributed by atoms with Crippen LogP contribution in [0.15, 0.2) is 4.52 Å². The smallest absolute Gasteiger partial charge is 0.226 e. The summed E-state index contributed by atoms with van der Waals surface area (Å²) >= 11 is 1.92. The minimum atomic E-state index is 0.554.